The highest BCUT2D eigenvalue weighted by molar-refractivity contribution is 6.31. The van der Waals surface area contributed by atoms with Crippen LogP contribution in [-0.4, -0.2) is 10.1 Å². The van der Waals surface area contributed by atoms with E-state index in [0.717, 1.165) is 19.3 Å². The van der Waals surface area contributed by atoms with Crippen molar-refractivity contribution in [2.24, 2.45) is 0 Å². The monoisotopic (exact) mass is 208 g/mol. The molecule has 4 heteroatoms. The minimum atomic E-state index is -0.807. The lowest BCUT2D eigenvalue weighted by molar-refractivity contribution is -0.0389. The van der Waals surface area contributed by atoms with Gasteiger partial charge in [0.05, 0.1) is 10.6 Å². The number of hydrogen-bond donors (Lipinski definition) is 1. The van der Waals surface area contributed by atoms with Crippen molar-refractivity contribution in [1.29, 1.82) is 5.26 Å². The van der Waals surface area contributed by atoms with E-state index in [1.165, 1.54) is 12.3 Å². The number of aliphatic hydroxyl groups is 1. The summed E-state index contributed by atoms with van der Waals surface area (Å²) in [4.78, 5) is 3.90. The lowest BCUT2D eigenvalue weighted by atomic mass is 9.76. The first-order valence-corrected chi connectivity index (χ1v) is 4.82. The molecule has 0 bridgehead atoms. The second-order valence-corrected chi connectivity index (χ2v) is 3.95. The van der Waals surface area contributed by atoms with Crippen LogP contribution < -0.4 is 0 Å². The predicted octanol–water partition coefficient (Wildman–Crippen LogP) is 1.98. The van der Waals surface area contributed by atoms with E-state index in [1.807, 2.05) is 6.07 Å². The van der Waals surface area contributed by atoms with Crippen molar-refractivity contribution in [2.45, 2.75) is 24.9 Å². The molecule has 1 fully saturated rings. The zero-order valence-corrected chi connectivity index (χ0v) is 8.25. The zero-order valence-electron chi connectivity index (χ0n) is 7.50. The molecule has 0 amide bonds. The van der Waals surface area contributed by atoms with E-state index >= 15 is 0 Å². The fourth-order valence-electron chi connectivity index (χ4n) is 1.62. The normalized spacial score (nSPS) is 18.4. The summed E-state index contributed by atoms with van der Waals surface area (Å²) in [5, 5.41) is 19.0. The molecule has 14 heavy (non-hydrogen) atoms. The topological polar surface area (TPSA) is 56.9 Å². The first-order chi connectivity index (χ1) is 6.65. The fraction of sp³-hybridized carbons (Fsp3) is 0.400. The number of rotatable bonds is 1. The van der Waals surface area contributed by atoms with Gasteiger partial charge in [0.2, 0.25) is 0 Å². The molecule has 0 unspecified atom stereocenters. The third kappa shape index (κ3) is 1.37. The molecule has 0 radical (unpaired) electrons. The molecule has 1 aliphatic carbocycles. The first kappa shape index (κ1) is 9.45. The van der Waals surface area contributed by atoms with Crippen molar-refractivity contribution in [3.05, 3.63) is 28.5 Å². The molecule has 0 spiro atoms. The molecule has 2 rings (SSSR count). The largest absolute Gasteiger partial charge is 0.385 e. The first-order valence-electron chi connectivity index (χ1n) is 4.44. The van der Waals surface area contributed by atoms with Crippen molar-refractivity contribution >= 4 is 11.6 Å². The Morgan fingerprint density at radius 2 is 2.29 bits per heavy atom. The smallest absolute Gasteiger partial charge is 0.141 e. The van der Waals surface area contributed by atoms with Crippen LogP contribution >= 0.6 is 11.6 Å². The molecule has 1 N–H and O–H groups in total. The summed E-state index contributed by atoms with van der Waals surface area (Å²) in [6, 6.07) is 3.40. The maximum Gasteiger partial charge on any atom is 0.141 e. The lowest BCUT2D eigenvalue weighted by Gasteiger charge is -2.37. The van der Waals surface area contributed by atoms with E-state index in [9.17, 15) is 5.11 Å². The summed E-state index contributed by atoms with van der Waals surface area (Å²) in [5.74, 6) is 0. The van der Waals surface area contributed by atoms with Gasteiger partial charge in [0.15, 0.2) is 0 Å². The minimum Gasteiger partial charge on any atom is -0.385 e. The molecule has 1 saturated carbocycles. The zero-order chi connectivity index (χ0) is 10.2. The van der Waals surface area contributed by atoms with Crippen molar-refractivity contribution in [3.63, 3.8) is 0 Å². The summed E-state index contributed by atoms with van der Waals surface area (Å²) in [5.41, 5.74) is 0.115. The van der Waals surface area contributed by atoms with Gasteiger partial charge in [-0.25, -0.2) is 4.98 Å². The number of nitriles is 1. The Bertz CT molecular complexity index is 407. The SMILES string of the molecule is N#Cc1cc(Cl)c(C2(O)CCC2)cn1. The van der Waals surface area contributed by atoms with Crippen molar-refractivity contribution in [3.8, 4) is 6.07 Å². The predicted molar refractivity (Wildman–Crippen MR) is 51.7 cm³/mol. The van der Waals surface area contributed by atoms with Crippen LogP contribution in [0.25, 0.3) is 0 Å². The van der Waals surface area contributed by atoms with Gasteiger partial charge in [-0.2, -0.15) is 5.26 Å². The van der Waals surface area contributed by atoms with Gasteiger partial charge in [-0.05, 0) is 25.3 Å². The van der Waals surface area contributed by atoms with Gasteiger partial charge in [0.25, 0.3) is 0 Å². The molecule has 0 saturated heterocycles. The van der Waals surface area contributed by atoms with Crippen LogP contribution in [0.4, 0.5) is 0 Å². The standard InChI is InChI=1S/C10H9ClN2O/c11-9-4-7(5-12)13-6-8(9)10(14)2-1-3-10/h4,6,14H,1-3H2. The molecule has 1 aliphatic rings. The number of nitrogens with zero attached hydrogens (tertiary/aromatic N) is 2. The molecule has 0 aromatic carbocycles. The number of aromatic nitrogens is 1. The van der Waals surface area contributed by atoms with Crippen LogP contribution in [-0.2, 0) is 5.60 Å². The fourth-order valence-corrected chi connectivity index (χ4v) is 1.94. The molecule has 1 heterocycles. The molecule has 1 aromatic heterocycles. The average Bonchev–Trinajstić information content (AvgIpc) is 2.14. The third-order valence-electron chi connectivity index (χ3n) is 2.65. The Morgan fingerprint density at radius 3 is 2.71 bits per heavy atom. The summed E-state index contributed by atoms with van der Waals surface area (Å²) >= 11 is 5.95. The van der Waals surface area contributed by atoms with E-state index < -0.39 is 5.60 Å². The Kier molecular flexibility index (Phi) is 2.18. The summed E-state index contributed by atoms with van der Waals surface area (Å²) < 4.78 is 0. The average molecular weight is 209 g/mol. The molecule has 0 atom stereocenters. The summed E-state index contributed by atoms with van der Waals surface area (Å²) in [6.07, 6.45) is 3.95. The molecule has 1 aromatic rings. The Hall–Kier alpha value is -1.11. The van der Waals surface area contributed by atoms with Crippen LogP contribution in [0.5, 0.6) is 0 Å². The Morgan fingerprint density at radius 1 is 1.57 bits per heavy atom. The van der Waals surface area contributed by atoms with Crippen LogP contribution in [0.3, 0.4) is 0 Å². The van der Waals surface area contributed by atoms with E-state index in [1.54, 1.807) is 0 Å². The van der Waals surface area contributed by atoms with Crippen molar-refractivity contribution < 1.29 is 5.11 Å². The maximum atomic E-state index is 10.0. The molecule has 72 valence electrons. The van der Waals surface area contributed by atoms with E-state index in [-0.39, 0.29) is 5.69 Å². The van der Waals surface area contributed by atoms with Crippen LogP contribution in [0.15, 0.2) is 12.3 Å². The van der Waals surface area contributed by atoms with Gasteiger partial charge >= 0.3 is 0 Å². The lowest BCUT2D eigenvalue weighted by Crippen LogP contribution is -2.34. The summed E-state index contributed by atoms with van der Waals surface area (Å²) in [6.45, 7) is 0. The van der Waals surface area contributed by atoms with Gasteiger partial charge in [-0.1, -0.05) is 11.6 Å². The minimum absolute atomic E-state index is 0.279. The van der Waals surface area contributed by atoms with E-state index in [4.69, 9.17) is 16.9 Å². The summed E-state index contributed by atoms with van der Waals surface area (Å²) in [7, 11) is 0. The van der Waals surface area contributed by atoms with Crippen molar-refractivity contribution in [2.75, 3.05) is 0 Å². The van der Waals surface area contributed by atoms with Gasteiger partial charge in [-0.15, -0.1) is 0 Å². The highest BCUT2D eigenvalue weighted by atomic mass is 35.5. The van der Waals surface area contributed by atoms with E-state index in [0.29, 0.717) is 10.6 Å². The second-order valence-electron chi connectivity index (χ2n) is 3.55. The Balaban J connectivity index is 2.41. The number of halogens is 1. The van der Waals surface area contributed by atoms with Gasteiger partial charge in [0, 0.05) is 11.8 Å². The van der Waals surface area contributed by atoms with E-state index in [2.05, 4.69) is 4.98 Å². The van der Waals surface area contributed by atoms with Crippen LogP contribution in [0.2, 0.25) is 5.02 Å². The maximum absolute atomic E-state index is 10.0. The molecular formula is C10H9ClN2O. The van der Waals surface area contributed by atoms with Crippen LogP contribution in [0, 0.1) is 11.3 Å². The van der Waals surface area contributed by atoms with Crippen LogP contribution in [0.1, 0.15) is 30.5 Å². The van der Waals surface area contributed by atoms with Gasteiger partial charge in [0.1, 0.15) is 11.8 Å². The third-order valence-corrected chi connectivity index (χ3v) is 2.96. The number of pyridine rings is 1. The second kappa shape index (κ2) is 3.23. The highest BCUT2D eigenvalue weighted by Crippen LogP contribution is 2.43. The van der Waals surface area contributed by atoms with Gasteiger partial charge < -0.3 is 5.11 Å². The molecule has 0 aliphatic heterocycles. The Labute approximate surface area is 87.0 Å². The number of hydrogen-bond acceptors (Lipinski definition) is 3. The molecular weight excluding hydrogens is 200 g/mol. The highest BCUT2D eigenvalue weighted by Gasteiger charge is 2.38. The molecule has 3 nitrogen and oxygen atoms in total. The van der Waals surface area contributed by atoms with Crippen molar-refractivity contribution in [1.82, 2.24) is 4.98 Å². The quantitative estimate of drug-likeness (QED) is 0.768. The van der Waals surface area contributed by atoms with Gasteiger partial charge in [-0.3, -0.25) is 0 Å².